The summed E-state index contributed by atoms with van der Waals surface area (Å²) in [6.45, 7) is 2.29. The summed E-state index contributed by atoms with van der Waals surface area (Å²) in [6.07, 6.45) is 10.0. The summed E-state index contributed by atoms with van der Waals surface area (Å²) in [5, 5.41) is 0. The topological polar surface area (TPSA) is 13.1 Å². The van der Waals surface area contributed by atoms with Crippen molar-refractivity contribution in [1.82, 2.24) is 0 Å². The maximum Gasteiger partial charge on any atom is 0.106 e. The first-order chi connectivity index (χ1) is 6.90. The highest BCUT2D eigenvalue weighted by molar-refractivity contribution is 5.06. The van der Waals surface area contributed by atoms with Gasteiger partial charge in [0, 0.05) is 5.92 Å². The van der Waals surface area contributed by atoms with Gasteiger partial charge in [0.15, 0.2) is 0 Å². The van der Waals surface area contributed by atoms with E-state index in [0.717, 1.165) is 5.92 Å². The van der Waals surface area contributed by atoms with Crippen LogP contribution in [-0.2, 0) is 0 Å². The van der Waals surface area contributed by atoms with Crippen LogP contribution in [0.1, 0.15) is 57.1 Å². The summed E-state index contributed by atoms with van der Waals surface area (Å²) in [6, 6.07) is 4.14. The summed E-state index contributed by atoms with van der Waals surface area (Å²) in [7, 11) is 0. The molecule has 0 saturated heterocycles. The van der Waals surface area contributed by atoms with Gasteiger partial charge in [-0.05, 0) is 43.7 Å². The Balaban J connectivity index is 1.84. The zero-order chi connectivity index (χ0) is 9.80. The minimum absolute atomic E-state index is 0.707. The Labute approximate surface area is 86.5 Å². The van der Waals surface area contributed by atoms with Crippen molar-refractivity contribution in [2.24, 2.45) is 5.92 Å². The Morgan fingerprint density at radius 2 is 2.07 bits per heavy atom. The molecule has 78 valence electrons. The first-order valence-corrected chi connectivity index (χ1v) is 5.93. The second kappa shape index (κ2) is 4.68. The van der Waals surface area contributed by atoms with E-state index in [4.69, 9.17) is 4.42 Å². The molecule has 14 heavy (non-hydrogen) atoms. The second-order valence-corrected chi connectivity index (χ2v) is 4.52. The minimum Gasteiger partial charge on any atom is -0.469 e. The van der Waals surface area contributed by atoms with Crippen LogP contribution in [0.2, 0.25) is 0 Å². The molecule has 1 aliphatic carbocycles. The van der Waals surface area contributed by atoms with Gasteiger partial charge in [-0.15, -0.1) is 0 Å². The van der Waals surface area contributed by atoms with Gasteiger partial charge in [-0.2, -0.15) is 0 Å². The molecule has 0 radical (unpaired) electrons. The van der Waals surface area contributed by atoms with Gasteiger partial charge in [-0.1, -0.05) is 19.8 Å². The number of rotatable bonds is 3. The van der Waals surface area contributed by atoms with Gasteiger partial charge in [0.25, 0.3) is 0 Å². The van der Waals surface area contributed by atoms with Gasteiger partial charge in [0.1, 0.15) is 5.76 Å². The van der Waals surface area contributed by atoms with Crippen LogP contribution in [0.4, 0.5) is 0 Å². The van der Waals surface area contributed by atoms with Gasteiger partial charge in [-0.25, -0.2) is 0 Å². The molecule has 0 spiro atoms. The van der Waals surface area contributed by atoms with E-state index >= 15 is 0 Å². The highest BCUT2D eigenvalue weighted by atomic mass is 16.3. The molecular weight excluding hydrogens is 172 g/mol. The fourth-order valence-electron chi connectivity index (χ4n) is 2.67. The molecule has 1 nitrogen and oxygen atoms in total. The molecule has 1 aromatic rings. The Hall–Kier alpha value is -0.720. The lowest BCUT2D eigenvalue weighted by atomic mass is 9.79. The summed E-state index contributed by atoms with van der Waals surface area (Å²) < 4.78 is 5.47. The molecule has 1 aromatic heterocycles. The zero-order valence-electron chi connectivity index (χ0n) is 9.04. The van der Waals surface area contributed by atoms with Crippen LogP contribution in [0, 0.1) is 5.92 Å². The Kier molecular flexibility index (Phi) is 3.28. The van der Waals surface area contributed by atoms with Crippen LogP contribution < -0.4 is 0 Å². The van der Waals surface area contributed by atoms with Gasteiger partial charge in [-0.3, -0.25) is 0 Å². The molecule has 0 aromatic carbocycles. The fraction of sp³-hybridized carbons (Fsp3) is 0.692. The summed E-state index contributed by atoms with van der Waals surface area (Å²) in [5.74, 6) is 2.91. The van der Waals surface area contributed by atoms with Crippen LogP contribution in [0.15, 0.2) is 22.8 Å². The van der Waals surface area contributed by atoms with Crippen LogP contribution in [0.5, 0.6) is 0 Å². The Morgan fingerprint density at radius 3 is 2.64 bits per heavy atom. The maximum absolute atomic E-state index is 5.47. The van der Waals surface area contributed by atoms with E-state index in [1.54, 1.807) is 6.26 Å². The van der Waals surface area contributed by atoms with Crippen LogP contribution in [0.3, 0.4) is 0 Å². The van der Waals surface area contributed by atoms with Gasteiger partial charge < -0.3 is 4.42 Å². The third kappa shape index (κ3) is 2.20. The van der Waals surface area contributed by atoms with E-state index in [1.807, 2.05) is 6.07 Å². The quantitative estimate of drug-likeness (QED) is 0.693. The third-order valence-corrected chi connectivity index (χ3v) is 3.49. The molecule has 1 fully saturated rings. The standard InChI is InChI=1S/C13H20O/c1-2-4-11-6-8-12(9-7-11)13-5-3-10-14-13/h3,5,10-12H,2,4,6-9H2,1H3. The smallest absolute Gasteiger partial charge is 0.106 e. The average molecular weight is 192 g/mol. The maximum atomic E-state index is 5.47. The Bertz CT molecular complexity index is 242. The van der Waals surface area contributed by atoms with Crippen LogP contribution >= 0.6 is 0 Å². The molecule has 0 aliphatic heterocycles. The highest BCUT2D eigenvalue weighted by Gasteiger charge is 2.23. The van der Waals surface area contributed by atoms with Crippen molar-refractivity contribution in [1.29, 1.82) is 0 Å². The van der Waals surface area contributed by atoms with E-state index in [0.29, 0.717) is 5.92 Å². The van der Waals surface area contributed by atoms with E-state index < -0.39 is 0 Å². The summed E-state index contributed by atoms with van der Waals surface area (Å²) >= 11 is 0. The normalized spacial score (nSPS) is 27.8. The zero-order valence-corrected chi connectivity index (χ0v) is 9.04. The fourth-order valence-corrected chi connectivity index (χ4v) is 2.67. The molecule has 0 unspecified atom stereocenters. The number of hydrogen-bond acceptors (Lipinski definition) is 1. The lowest BCUT2D eigenvalue weighted by Crippen LogP contribution is -2.12. The lowest BCUT2D eigenvalue weighted by molar-refractivity contribution is 0.285. The number of furan rings is 1. The van der Waals surface area contributed by atoms with Crippen LogP contribution in [-0.4, -0.2) is 0 Å². The number of hydrogen-bond donors (Lipinski definition) is 0. The van der Waals surface area contributed by atoms with E-state index in [-0.39, 0.29) is 0 Å². The molecule has 1 saturated carbocycles. The largest absolute Gasteiger partial charge is 0.469 e. The molecule has 1 aliphatic rings. The van der Waals surface area contributed by atoms with Crippen molar-refractivity contribution < 1.29 is 4.42 Å². The first-order valence-electron chi connectivity index (χ1n) is 5.93. The van der Waals surface area contributed by atoms with Crippen molar-refractivity contribution in [3.05, 3.63) is 24.2 Å². The molecule has 2 rings (SSSR count). The lowest BCUT2D eigenvalue weighted by Gasteiger charge is -2.26. The molecule has 1 heteroatoms. The van der Waals surface area contributed by atoms with Crippen LogP contribution in [0.25, 0.3) is 0 Å². The first kappa shape index (κ1) is 9.82. The molecule has 0 amide bonds. The van der Waals surface area contributed by atoms with Crippen molar-refractivity contribution in [2.45, 2.75) is 51.4 Å². The molecule has 0 atom stereocenters. The average Bonchev–Trinajstić information content (AvgIpc) is 2.72. The molecule has 0 bridgehead atoms. The predicted octanol–water partition coefficient (Wildman–Crippen LogP) is 4.35. The molecule has 1 heterocycles. The summed E-state index contributed by atoms with van der Waals surface area (Å²) in [4.78, 5) is 0. The predicted molar refractivity (Wildman–Crippen MR) is 58.3 cm³/mol. The van der Waals surface area contributed by atoms with E-state index in [9.17, 15) is 0 Å². The minimum atomic E-state index is 0.707. The van der Waals surface area contributed by atoms with Gasteiger partial charge in [0.05, 0.1) is 6.26 Å². The van der Waals surface area contributed by atoms with Crippen molar-refractivity contribution >= 4 is 0 Å². The third-order valence-electron chi connectivity index (χ3n) is 3.49. The second-order valence-electron chi connectivity index (χ2n) is 4.52. The molecule has 0 N–H and O–H groups in total. The SMILES string of the molecule is CCCC1CCC(c2ccco2)CC1. The van der Waals surface area contributed by atoms with E-state index in [1.165, 1.54) is 44.3 Å². The van der Waals surface area contributed by atoms with Crippen molar-refractivity contribution in [2.75, 3.05) is 0 Å². The van der Waals surface area contributed by atoms with Crippen molar-refractivity contribution in [3.63, 3.8) is 0 Å². The van der Waals surface area contributed by atoms with E-state index in [2.05, 4.69) is 13.0 Å². The Morgan fingerprint density at radius 1 is 1.29 bits per heavy atom. The highest BCUT2D eigenvalue weighted by Crippen LogP contribution is 2.37. The van der Waals surface area contributed by atoms with Gasteiger partial charge >= 0.3 is 0 Å². The van der Waals surface area contributed by atoms with Crippen molar-refractivity contribution in [3.8, 4) is 0 Å². The summed E-state index contributed by atoms with van der Waals surface area (Å²) in [5.41, 5.74) is 0. The monoisotopic (exact) mass is 192 g/mol. The van der Waals surface area contributed by atoms with Gasteiger partial charge in [0.2, 0.25) is 0 Å². The molecular formula is C13H20O.